The highest BCUT2D eigenvalue weighted by atomic mass is 16.4. The van der Waals surface area contributed by atoms with Crippen molar-refractivity contribution in [1.82, 2.24) is 14.9 Å². The van der Waals surface area contributed by atoms with E-state index in [0.29, 0.717) is 19.5 Å². The second-order valence-electron chi connectivity index (χ2n) is 2.95. The maximum Gasteiger partial charge on any atom is 0.407 e. The van der Waals surface area contributed by atoms with E-state index in [4.69, 9.17) is 5.11 Å². The largest absolute Gasteiger partial charge is 0.465 e. The van der Waals surface area contributed by atoms with Crippen molar-refractivity contribution in [3.05, 3.63) is 23.8 Å². The second kappa shape index (κ2) is 3.01. The maximum absolute atomic E-state index is 10.6. The molecule has 0 aromatic carbocycles. The third-order valence-electron chi connectivity index (χ3n) is 2.13. The molecule has 0 aliphatic carbocycles. The summed E-state index contributed by atoms with van der Waals surface area (Å²) in [4.78, 5) is 20.0. The average Bonchev–Trinajstić information content (AvgIpc) is 2.17. The Bertz CT molecular complexity index is 340. The van der Waals surface area contributed by atoms with Crippen LogP contribution in [-0.4, -0.2) is 32.6 Å². The zero-order valence-corrected chi connectivity index (χ0v) is 6.97. The van der Waals surface area contributed by atoms with Crippen LogP contribution in [0.15, 0.2) is 12.5 Å². The lowest BCUT2D eigenvalue weighted by Gasteiger charge is -2.24. The number of nitrogens with zero attached hydrogens (tertiary/aromatic N) is 3. The number of fused-ring (bicyclic) bond motifs is 1. The number of aromatic nitrogens is 2. The van der Waals surface area contributed by atoms with Crippen molar-refractivity contribution in [2.75, 3.05) is 6.54 Å². The molecule has 0 fully saturated rings. The fraction of sp³-hybridized carbons (Fsp3) is 0.375. The van der Waals surface area contributed by atoms with E-state index in [1.807, 2.05) is 0 Å². The smallest absolute Gasteiger partial charge is 0.407 e. The molecule has 1 aromatic rings. The van der Waals surface area contributed by atoms with E-state index in [1.54, 1.807) is 6.20 Å². The van der Waals surface area contributed by atoms with Gasteiger partial charge in [0.05, 0.1) is 12.2 Å². The lowest BCUT2D eigenvalue weighted by molar-refractivity contribution is 0.139. The van der Waals surface area contributed by atoms with Crippen molar-refractivity contribution in [1.29, 1.82) is 0 Å². The van der Waals surface area contributed by atoms with Crippen molar-refractivity contribution >= 4 is 6.09 Å². The third-order valence-corrected chi connectivity index (χ3v) is 2.13. The molecule has 2 rings (SSSR count). The summed E-state index contributed by atoms with van der Waals surface area (Å²) in [5.41, 5.74) is 1.88. The van der Waals surface area contributed by atoms with Crippen molar-refractivity contribution in [2.24, 2.45) is 0 Å². The van der Waals surface area contributed by atoms with Crippen LogP contribution in [0.1, 0.15) is 11.3 Å². The molecule has 5 heteroatoms. The Labute approximate surface area is 75.0 Å². The van der Waals surface area contributed by atoms with Crippen LogP contribution in [0.4, 0.5) is 4.79 Å². The number of amides is 1. The van der Waals surface area contributed by atoms with Crippen molar-refractivity contribution in [3.63, 3.8) is 0 Å². The monoisotopic (exact) mass is 179 g/mol. The summed E-state index contributed by atoms with van der Waals surface area (Å²) in [6.07, 6.45) is 2.98. The lowest BCUT2D eigenvalue weighted by atomic mass is 10.1. The SMILES string of the molecule is O=C(O)N1CCc2ncncc2C1. The first kappa shape index (κ1) is 7.97. The highest BCUT2D eigenvalue weighted by molar-refractivity contribution is 5.65. The van der Waals surface area contributed by atoms with Crippen molar-refractivity contribution in [3.8, 4) is 0 Å². The first-order chi connectivity index (χ1) is 6.27. The van der Waals surface area contributed by atoms with Crippen molar-refractivity contribution in [2.45, 2.75) is 13.0 Å². The van der Waals surface area contributed by atoms with Crippen LogP contribution in [0.5, 0.6) is 0 Å². The molecule has 0 atom stereocenters. The Morgan fingerprint density at radius 1 is 1.62 bits per heavy atom. The molecule has 1 aliphatic heterocycles. The van der Waals surface area contributed by atoms with Gasteiger partial charge in [-0.3, -0.25) is 0 Å². The van der Waals surface area contributed by atoms with Gasteiger partial charge in [0, 0.05) is 24.7 Å². The van der Waals surface area contributed by atoms with E-state index in [-0.39, 0.29) is 0 Å². The summed E-state index contributed by atoms with van der Waals surface area (Å²) in [5, 5.41) is 8.75. The molecule has 13 heavy (non-hydrogen) atoms. The Hall–Kier alpha value is -1.65. The molecular formula is C8H9N3O2. The molecule has 1 aromatic heterocycles. The molecule has 0 bridgehead atoms. The van der Waals surface area contributed by atoms with Crippen molar-refractivity contribution < 1.29 is 9.90 Å². The van der Waals surface area contributed by atoms with Crippen LogP contribution in [0.25, 0.3) is 0 Å². The highest BCUT2D eigenvalue weighted by Crippen LogP contribution is 2.14. The molecule has 2 heterocycles. The van der Waals surface area contributed by atoms with Crippen LogP contribution in [0, 0.1) is 0 Å². The van der Waals surface area contributed by atoms with E-state index in [9.17, 15) is 4.79 Å². The summed E-state index contributed by atoms with van der Waals surface area (Å²) >= 11 is 0. The zero-order chi connectivity index (χ0) is 9.26. The normalized spacial score (nSPS) is 15.2. The second-order valence-corrected chi connectivity index (χ2v) is 2.95. The minimum absolute atomic E-state index is 0.408. The van der Waals surface area contributed by atoms with Gasteiger partial charge in [-0.2, -0.15) is 0 Å². The molecule has 68 valence electrons. The summed E-state index contributed by atoms with van der Waals surface area (Å²) in [6.45, 7) is 0.935. The summed E-state index contributed by atoms with van der Waals surface area (Å²) < 4.78 is 0. The molecule has 0 saturated heterocycles. The van der Waals surface area contributed by atoms with Gasteiger partial charge in [-0.25, -0.2) is 14.8 Å². The Morgan fingerprint density at radius 2 is 2.46 bits per heavy atom. The number of hydrogen-bond acceptors (Lipinski definition) is 3. The molecule has 1 amide bonds. The molecule has 5 nitrogen and oxygen atoms in total. The number of hydrogen-bond donors (Lipinski definition) is 1. The first-order valence-corrected chi connectivity index (χ1v) is 4.03. The van der Waals surface area contributed by atoms with E-state index in [0.717, 1.165) is 11.3 Å². The van der Waals surface area contributed by atoms with Gasteiger partial charge in [0.1, 0.15) is 6.33 Å². The third kappa shape index (κ3) is 1.44. The van der Waals surface area contributed by atoms with Gasteiger partial charge >= 0.3 is 6.09 Å². The molecule has 0 unspecified atom stereocenters. The van der Waals surface area contributed by atoms with Crippen LogP contribution in [0.2, 0.25) is 0 Å². The van der Waals surface area contributed by atoms with Gasteiger partial charge in [0.15, 0.2) is 0 Å². The van der Waals surface area contributed by atoms with E-state index >= 15 is 0 Å². The Morgan fingerprint density at radius 3 is 3.23 bits per heavy atom. The molecular weight excluding hydrogens is 170 g/mol. The summed E-state index contributed by atoms with van der Waals surface area (Å²) in [6, 6.07) is 0. The van der Waals surface area contributed by atoms with Gasteiger partial charge in [-0.15, -0.1) is 0 Å². The van der Waals surface area contributed by atoms with Crippen LogP contribution < -0.4 is 0 Å². The zero-order valence-electron chi connectivity index (χ0n) is 6.97. The topological polar surface area (TPSA) is 66.3 Å². The first-order valence-electron chi connectivity index (χ1n) is 4.03. The Balaban J connectivity index is 2.24. The minimum atomic E-state index is -0.880. The predicted octanol–water partition coefficient (Wildman–Crippen LogP) is 0.513. The van der Waals surface area contributed by atoms with Crippen LogP contribution >= 0.6 is 0 Å². The van der Waals surface area contributed by atoms with Gasteiger partial charge in [0.25, 0.3) is 0 Å². The van der Waals surface area contributed by atoms with Gasteiger partial charge in [-0.1, -0.05) is 0 Å². The van der Waals surface area contributed by atoms with Gasteiger partial charge < -0.3 is 10.0 Å². The van der Waals surface area contributed by atoms with Gasteiger partial charge in [-0.05, 0) is 0 Å². The fourth-order valence-corrected chi connectivity index (χ4v) is 1.43. The number of carboxylic acid groups (broad SMARTS) is 1. The summed E-state index contributed by atoms with van der Waals surface area (Å²) in [5.74, 6) is 0. The van der Waals surface area contributed by atoms with E-state index in [2.05, 4.69) is 9.97 Å². The minimum Gasteiger partial charge on any atom is -0.465 e. The maximum atomic E-state index is 10.6. The number of rotatable bonds is 0. The average molecular weight is 179 g/mol. The highest BCUT2D eigenvalue weighted by Gasteiger charge is 2.20. The molecule has 1 aliphatic rings. The molecule has 0 saturated carbocycles. The summed E-state index contributed by atoms with van der Waals surface area (Å²) in [7, 11) is 0. The van der Waals surface area contributed by atoms with E-state index in [1.165, 1.54) is 11.2 Å². The standard InChI is InChI=1S/C8H9N3O2/c12-8(13)11-2-1-7-6(4-11)3-9-5-10-7/h3,5H,1-2,4H2,(H,12,13). The van der Waals surface area contributed by atoms with Crippen LogP contribution in [-0.2, 0) is 13.0 Å². The Kier molecular flexibility index (Phi) is 1.84. The lowest BCUT2D eigenvalue weighted by Crippen LogP contribution is -2.35. The fourth-order valence-electron chi connectivity index (χ4n) is 1.43. The predicted molar refractivity (Wildman–Crippen MR) is 44.2 cm³/mol. The van der Waals surface area contributed by atoms with Gasteiger partial charge in [0.2, 0.25) is 0 Å². The number of carbonyl (C=O) groups is 1. The molecule has 0 spiro atoms. The van der Waals surface area contributed by atoms with E-state index < -0.39 is 6.09 Å². The molecule has 1 N–H and O–H groups in total. The molecule has 0 radical (unpaired) electrons. The quantitative estimate of drug-likeness (QED) is 0.630. The van der Waals surface area contributed by atoms with Crippen LogP contribution in [0.3, 0.4) is 0 Å².